The predicted molar refractivity (Wildman–Crippen MR) is 64.1 cm³/mol. The Morgan fingerprint density at radius 1 is 1.50 bits per heavy atom. The van der Waals surface area contributed by atoms with Crippen molar-refractivity contribution in [2.45, 2.75) is 12.8 Å². The summed E-state index contributed by atoms with van der Waals surface area (Å²) >= 11 is 4.96. The van der Waals surface area contributed by atoms with Crippen molar-refractivity contribution in [3.63, 3.8) is 0 Å². The summed E-state index contributed by atoms with van der Waals surface area (Å²) in [5, 5.41) is 0. The molecule has 4 nitrogen and oxygen atoms in total. The van der Waals surface area contributed by atoms with Gasteiger partial charge < -0.3 is 15.1 Å². The van der Waals surface area contributed by atoms with Crippen LogP contribution >= 0.6 is 12.2 Å². The van der Waals surface area contributed by atoms with Gasteiger partial charge in [-0.25, -0.2) is 0 Å². The van der Waals surface area contributed by atoms with Crippen LogP contribution < -0.4 is 5.73 Å². The molecule has 16 heavy (non-hydrogen) atoms. The van der Waals surface area contributed by atoms with Gasteiger partial charge >= 0.3 is 0 Å². The minimum absolute atomic E-state index is 0.0233. The summed E-state index contributed by atoms with van der Waals surface area (Å²) in [5.41, 5.74) is 6.20. The zero-order chi connectivity index (χ0) is 11.5. The van der Waals surface area contributed by atoms with E-state index in [2.05, 4.69) is 0 Å². The van der Waals surface area contributed by atoms with Gasteiger partial charge in [0, 0.05) is 19.0 Å². The molecule has 0 unspecified atom stereocenters. The first kappa shape index (κ1) is 11.1. The Kier molecular flexibility index (Phi) is 3.24. The van der Waals surface area contributed by atoms with Gasteiger partial charge in [-0.2, -0.15) is 0 Å². The van der Waals surface area contributed by atoms with Crippen molar-refractivity contribution in [3.8, 4) is 0 Å². The Morgan fingerprint density at radius 3 is 2.69 bits per heavy atom. The van der Waals surface area contributed by atoms with E-state index in [1.807, 2.05) is 4.90 Å². The van der Waals surface area contributed by atoms with E-state index in [-0.39, 0.29) is 11.8 Å². The molecule has 1 aliphatic heterocycles. The maximum Gasteiger partial charge on any atom is 0.257 e. The summed E-state index contributed by atoms with van der Waals surface area (Å²) in [4.78, 5) is 14.3. The molecular weight excluding hydrogens is 224 g/mol. The molecule has 2 N–H and O–H groups in total. The van der Waals surface area contributed by atoms with Crippen LogP contribution in [0.1, 0.15) is 23.2 Å². The van der Waals surface area contributed by atoms with Crippen LogP contribution in [0.2, 0.25) is 0 Å². The lowest BCUT2D eigenvalue weighted by Crippen LogP contribution is -2.41. The zero-order valence-corrected chi connectivity index (χ0v) is 9.70. The van der Waals surface area contributed by atoms with Crippen LogP contribution in [0.15, 0.2) is 23.0 Å². The molecule has 0 spiro atoms. The summed E-state index contributed by atoms with van der Waals surface area (Å²) in [6.45, 7) is 1.43. The van der Waals surface area contributed by atoms with Crippen molar-refractivity contribution >= 4 is 23.1 Å². The average Bonchev–Trinajstić information content (AvgIpc) is 2.81. The molecule has 0 aromatic carbocycles. The first-order valence-electron chi connectivity index (χ1n) is 5.29. The van der Waals surface area contributed by atoms with E-state index in [9.17, 15) is 4.79 Å². The minimum atomic E-state index is 0.0233. The van der Waals surface area contributed by atoms with Gasteiger partial charge in [-0.05, 0) is 18.9 Å². The van der Waals surface area contributed by atoms with E-state index in [0.717, 1.165) is 12.8 Å². The van der Waals surface area contributed by atoms with Crippen LogP contribution in [0.5, 0.6) is 0 Å². The van der Waals surface area contributed by atoms with Crippen LogP contribution in [-0.4, -0.2) is 28.9 Å². The Morgan fingerprint density at radius 2 is 2.19 bits per heavy atom. The number of carbonyl (C=O) groups is 1. The van der Waals surface area contributed by atoms with Crippen LogP contribution in [0.25, 0.3) is 0 Å². The number of amides is 1. The highest BCUT2D eigenvalue weighted by atomic mass is 32.1. The maximum atomic E-state index is 11.9. The van der Waals surface area contributed by atoms with Gasteiger partial charge in [0.25, 0.3) is 5.91 Å². The fourth-order valence-electron chi connectivity index (χ4n) is 1.94. The van der Waals surface area contributed by atoms with Crippen LogP contribution in [0, 0.1) is 5.92 Å². The molecule has 2 heterocycles. The van der Waals surface area contributed by atoms with E-state index in [1.54, 1.807) is 6.07 Å². The fraction of sp³-hybridized carbons (Fsp3) is 0.455. The Bertz CT molecular complexity index is 381. The first-order chi connectivity index (χ1) is 7.68. The van der Waals surface area contributed by atoms with Crippen LogP contribution in [-0.2, 0) is 0 Å². The molecule has 2 rings (SSSR count). The molecule has 1 fully saturated rings. The molecule has 1 aromatic heterocycles. The average molecular weight is 238 g/mol. The first-order valence-corrected chi connectivity index (χ1v) is 5.70. The summed E-state index contributed by atoms with van der Waals surface area (Å²) < 4.78 is 4.90. The van der Waals surface area contributed by atoms with Crippen LogP contribution in [0.3, 0.4) is 0 Å². The van der Waals surface area contributed by atoms with Crippen molar-refractivity contribution < 1.29 is 9.21 Å². The lowest BCUT2D eigenvalue weighted by molar-refractivity contribution is 0.0709. The Hall–Kier alpha value is -1.36. The standard InChI is InChI=1S/C11H14N2O2S/c12-10(16)8-1-4-13(5-2-8)11(14)9-3-6-15-7-9/h3,6-8H,1-2,4-5H2,(H2,12,16). The molecule has 86 valence electrons. The normalized spacial score (nSPS) is 17.4. The fourth-order valence-corrected chi connectivity index (χ4v) is 2.17. The van der Waals surface area contributed by atoms with Gasteiger partial charge in [-0.1, -0.05) is 12.2 Å². The Labute approximate surface area is 99.4 Å². The minimum Gasteiger partial charge on any atom is -0.472 e. The quantitative estimate of drug-likeness (QED) is 0.792. The number of carbonyl (C=O) groups excluding carboxylic acids is 1. The van der Waals surface area contributed by atoms with E-state index >= 15 is 0 Å². The molecule has 0 saturated carbocycles. The van der Waals surface area contributed by atoms with Gasteiger partial charge in [0.2, 0.25) is 0 Å². The van der Waals surface area contributed by atoms with Crippen molar-refractivity contribution in [1.29, 1.82) is 0 Å². The Balaban J connectivity index is 1.94. The van der Waals surface area contributed by atoms with Gasteiger partial charge in [-0.15, -0.1) is 0 Å². The second-order valence-corrected chi connectivity index (χ2v) is 4.45. The molecule has 0 aliphatic carbocycles. The maximum absolute atomic E-state index is 11.9. The molecule has 0 bridgehead atoms. The largest absolute Gasteiger partial charge is 0.472 e. The molecular formula is C11H14N2O2S. The predicted octanol–water partition coefficient (Wildman–Crippen LogP) is 1.42. The second kappa shape index (κ2) is 4.65. The molecule has 0 radical (unpaired) electrons. The third-order valence-electron chi connectivity index (χ3n) is 2.95. The molecule has 1 aliphatic rings. The molecule has 5 heteroatoms. The number of hydrogen-bond donors (Lipinski definition) is 1. The topological polar surface area (TPSA) is 59.5 Å². The number of piperidine rings is 1. The zero-order valence-electron chi connectivity index (χ0n) is 8.89. The second-order valence-electron chi connectivity index (χ2n) is 3.98. The smallest absolute Gasteiger partial charge is 0.257 e. The van der Waals surface area contributed by atoms with E-state index in [0.29, 0.717) is 23.6 Å². The van der Waals surface area contributed by atoms with Gasteiger partial charge in [0.15, 0.2) is 0 Å². The molecule has 1 saturated heterocycles. The highest BCUT2D eigenvalue weighted by molar-refractivity contribution is 7.80. The number of nitrogens with zero attached hydrogens (tertiary/aromatic N) is 1. The monoisotopic (exact) mass is 238 g/mol. The van der Waals surface area contributed by atoms with E-state index < -0.39 is 0 Å². The number of thiocarbonyl (C=S) groups is 1. The van der Waals surface area contributed by atoms with Gasteiger partial charge in [-0.3, -0.25) is 4.79 Å². The van der Waals surface area contributed by atoms with Crippen LogP contribution in [0.4, 0.5) is 0 Å². The SMILES string of the molecule is NC(=S)C1CCN(C(=O)c2ccoc2)CC1. The summed E-state index contributed by atoms with van der Waals surface area (Å²) in [6.07, 6.45) is 4.70. The lowest BCUT2D eigenvalue weighted by Gasteiger charge is -2.31. The summed E-state index contributed by atoms with van der Waals surface area (Å²) in [6, 6.07) is 1.68. The third kappa shape index (κ3) is 2.24. The third-order valence-corrected chi connectivity index (χ3v) is 3.29. The summed E-state index contributed by atoms with van der Waals surface area (Å²) in [7, 11) is 0. The van der Waals surface area contributed by atoms with Gasteiger partial charge in [0.1, 0.15) is 6.26 Å². The highest BCUT2D eigenvalue weighted by Crippen LogP contribution is 2.19. The number of rotatable bonds is 2. The number of nitrogens with two attached hydrogens (primary N) is 1. The lowest BCUT2D eigenvalue weighted by atomic mass is 9.96. The number of hydrogen-bond acceptors (Lipinski definition) is 3. The van der Waals surface area contributed by atoms with Gasteiger partial charge in [0.05, 0.1) is 16.8 Å². The number of furan rings is 1. The van der Waals surface area contributed by atoms with Crippen molar-refractivity contribution in [3.05, 3.63) is 24.2 Å². The highest BCUT2D eigenvalue weighted by Gasteiger charge is 2.25. The molecule has 1 aromatic rings. The molecule has 0 atom stereocenters. The molecule has 1 amide bonds. The van der Waals surface area contributed by atoms with Crippen molar-refractivity contribution in [1.82, 2.24) is 4.90 Å². The van der Waals surface area contributed by atoms with E-state index in [1.165, 1.54) is 12.5 Å². The van der Waals surface area contributed by atoms with Crippen molar-refractivity contribution in [2.24, 2.45) is 11.7 Å². The summed E-state index contributed by atoms with van der Waals surface area (Å²) in [5.74, 6) is 0.304. The number of likely N-dealkylation sites (tertiary alicyclic amines) is 1. The van der Waals surface area contributed by atoms with E-state index in [4.69, 9.17) is 22.4 Å². The van der Waals surface area contributed by atoms with Crippen molar-refractivity contribution in [2.75, 3.05) is 13.1 Å².